The standard InChI is InChI=1S/C14H17N3O4S/c1-2-5-16(8-12(19)20)11(18)3-6-17-9-15-13-10(14(17)21)4-7-22-13/h4,7,9H,2-3,5-6,8H2,1H3,(H,19,20). The van der Waals surface area contributed by atoms with Gasteiger partial charge in [-0.1, -0.05) is 6.92 Å². The molecule has 1 amide bonds. The van der Waals surface area contributed by atoms with Crippen LogP contribution in [-0.4, -0.2) is 44.5 Å². The summed E-state index contributed by atoms with van der Waals surface area (Å²) >= 11 is 1.39. The van der Waals surface area contributed by atoms with Gasteiger partial charge >= 0.3 is 5.97 Å². The van der Waals surface area contributed by atoms with Crippen LogP contribution in [0.5, 0.6) is 0 Å². The number of carbonyl (C=O) groups is 2. The van der Waals surface area contributed by atoms with Crippen LogP contribution in [-0.2, 0) is 16.1 Å². The number of hydrogen-bond donors (Lipinski definition) is 1. The molecular weight excluding hydrogens is 306 g/mol. The number of rotatable bonds is 7. The van der Waals surface area contributed by atoms with Crippen LogP contribution in [0, 0.1) is 0 Å². The maximum atomic E-state index is 12.2. The Morgan fingerprint density at radius 1 is 1.45 bits per heavy atom. The van der Waals surface area contributed by atoms with E-state index in [4.69, 9.17) is 5.11 Å². The monoisotopic (exact) mass is 323 g/mol. The summed E-state index contributed by atoms with van der Waals surface area (Å²) < 4.78 is 1.39. The maximum absolute atomic E-state index is 12.2. The molecule has 0 spiro atoms. The molecule has 0 aliphatic heterocycles. The first-order valence-corrected chi connectivity index (χ1v) is 7.83. The van der Waals surface area contributed by atoms with Gasteiger partial charge in [0.25, 0.3) is 5.56 Å². The number of fused-ring (bicyclic) bond motifs is 1. The van der Waals surface area contributed by atoms with Gasteiger partial charge < -0.3 is 10.0 Å². The SMILES string of the molecule is CCCN(CC(=O)O)C(=O)CCn1cnc2sccc2c1=O. The van der Waals surface area contributed by atoms with E-state index in [2.05, 4.69) is 4.98 Å². The summed E-state index contributed by atoms with van der Waals surface area (Å²) in [5, 5.41) is 11.2. The van der Waals surface area contributed by atoms with E-state index in [1.165, 1.54) is 27.1 Å². The Bertz CT molecular complexity index is 737. The number of aryl methyl sites for hydroxylation is 1. The molecule has 0 unspecified atom stereocenters. The van der Waals surface area contributed by atoms with E-state index < -0.39 is 5.97 Å². The lowest BCUT2D eigenvalue weighted by Crippen LogP contribution is -2.37. The molecule has 0 saturated heterocycles. The van der Waals surface area contributed by atoms with Crippen LogP contribution in [0.4, 0.5) is 0 Å². The molecule has 0 fully saturated rings. The molecule has 8 heteroatoms. The topological polar surface area (TPSA) is 92.5 Å². The molecule has 0 aliphatic carbocycles. The molecule has 7 nitrogen and oxygen atoms in total. The molecule has 2 rings (SSSR count). The molecule has 1 N–H and O–H groups in total. The van der Waals surface area contributed by atoms with Gasteiger partial charge in [0.1, 0.15) is 11.4 Å². The number of thiophene rings is 1. The third-order valence-electron chi connectivity index (χ3n) is 3.19. The van der Waals surface area contributed by atoms with E-state index in [9.17, 15) is 14.4 Å². The highest BCUT2D eigenvalue weighted by Gasteiger charge is 2.16. The Labute approximate surface area is 130 Å². The number of carboxylic acids is 1. The van der Waals surface area contributed by atoms with Gasteiger partial charge in [-0.2, -0.15) is 0 Å². The first-order valence-electron chi connectivity index (χ1n) is 6.95. The van der Waals surface area contributed by atoms with E-state index >= 15 is 0 Å². The zero-order chi connectivity index (χ0) is 16.1. The van der Waals surface area contributed by atoms with Gasteiger partial charge in [0.2, 0.25) is 5.91 Å². The van der Waals surface area contributed by atoms with Crippen molar-refractivity contribution in [2.45, 2.75) is 26.3 Å². The third kappa shape index (κ3) is 3.70. The molecule has 0 radical (unpaired) electrons. The van der Waals surface area contributed by atoms with Crippen LogP contribution < -0.4 is 5.56 Å². The van der Waals surface area contributed by atoms with E-state index in [1.807, 2.05) is 6.92 Å². The molecule has 0 atom stereocenters. The van der Waals surface area contributed by atoms with Crippen LogP contribution in [0.3, 0.4) is 0 Å². The summed E-state index contributed by atoms with van der Waals surface area (Å²) in [4.78, 5) is 41.2. The van der Waals surface area contributed by atoms with Gasteiger partial charge in [0.15, 0.2) is 0 Å². The van der Waals surface area contributed by atoms with Crippen molar-refractivity contribution in [1.82, 2.24) is 14.5 Å². The number of amides is 1. The first-order chi connectivity index (χ1) is 10.5. The Kier molecular flexibility index (Phi) is 5.26. The van der Waals surface area contributed by atoms with Crippen molar-refractivity contribution in [1.29, 1.82) is 0 Å². The predicted molar refractivity (Wildman–Crippen MR) is 83.0 cm³/mol. The lowest BCUT2D eigenvalue weighted by atomic mass is 10.3. The summed E-state index contributed by atoms with van der Waals surface area (Å²) in [6, 6.07) is 1.71. The van der Waals surface area contributed by atoms with Gasteiger partial charge in [0, 0.05) is 19.5 Å². The molecule has 0 bridgehead atoms. The zero-order valence-corrected chi connectivity index (χ0v) is 13.0. The zero-order valence-electron chi connectivity index (χ0n) is 12.2. The van der Waals surface area contributed by atoms with E-state index in [-0.39, 0.29) is 31.0 Å². The quantitative estimate of drug-likeness (QED) is 0.826. The maximum Gasteiger partial charge on any atom is 0.323 e. The summed E-state index contributed by atoms with van der Waals surface area (Å²) in [7, 11) is 0. The Morgan fingerprint density at radius 3 is 2.91 bits per heavy atom. The lowest BCUT2D eigenvalue weighted by Gasteiger charge is -2.20. The summed E-state index contributed by atoms with van der Waals surface area (Å²) in [6.45, 7) is 2.14. The van der Waals surface area contributed by atoms with Gasteiger partial charge in [-0.15, -0.1) is 11.3 Å². The summed E-state index contributed by atoms with van der Waals surface area (Å²) in [5.41, 5.74) is -0.181. The number of hydrogen-bond acceptors (Lipinski definition) is 5. The van der Waals surface area contributed by atoms with E-state index in [0.29, 0.717) is 23.2 Å². The second-order valence-corrected chi connectivity index (χ2v) is 5.74. The average Bonchev–Trinajstić information content (AvgIpc) is 2.94. The minimum Gasteiger partial charge on any atom is -0.480 e. The smallest absolute Gasteiger partial charge is 0.323 e. The van der Waals surface area contributed by atoms with Crippen molar-refractivity contribution in [3.8, 4) is 0 Å². The Morgan fingerprint density at radius 2 is 2.23 bits per heavy atom. The van der Waals surface area contributed by atoms with Crippen molar-refractivity contribution in [3.05, 3.63) is 28.1 Å². The second-order valence-electron chi connectivity index (χ2n) is 4.84. The average molecular weight is 323 g/mol. The largest absolute Gasteiger partial charge is 0.480 e. The molecule has 2 aromatic rings. The van der Waals surface area contributed by atoms with Gasteiger partial charge in [0.05, 0.1) is 11.7 Å². The molecule has 2 aromatic heterocycles. The number of aromatic nitrogens is 2. The fraction of sp³-hybridized carbons (Fsp3) is 0.429. The van der Waals surface area contributed by atoms with Crippen molar-refractivity contribution in [3.63, 3.8) is 0 Å². The van der Waals surface area contributed by atoms with Crippen LogP contribution in [0.2, 0.25) is 0 Å². The van der Waals surface area contributed by atoms with E-state index in [0.717, 1.165) is 0 Å². The highest BCUT2D eigenvalue weighted by Crippen LogP contribution is 2.13. The number of nitrogens with zero attached hydrogens (tertiary/aromatic N) is 3. The lowest BCUT2D eigenvalue weighted by molar-refractivity contribution is -0.144. The third-order valence-corrected chi connectivity index (χ3v) is 4.01. The Hall–Kier alpha value is -2.22. The highest BCUT2D eigenvalue weighted by atomic mass is 32.1. The molecule has 2 heterocycles. The van der Waals surface area contributed by atoms with Gasteiger partial charge in [-0.3, -0.25) is 19.0 Å². The Balaban J connectivity index is 2.06. The van der Waals surface area contributed by atoms with Gasteiger partial charge in [-0.25, -0.2) is 4.98 Å². The first kappa shape index (κ1) is 16.2. The second kappa shape index (κ2) is 7.17. The minimum absolute atomic E-state index is 0.0739. The fourth-order valence-corrected chi connectivity index (χ4v) is 2.88. The number of aliphatic carboxylic acids is 1. The number of carboxylic acid groups (broad SMARTS) is 1. The number of carbonyl (C=O) groups excluding carboxylic acids is 1. The van der Waals surface area contributed by atoms with Crippen LogP contribution in [0.1, 0.15) is 19.8 Å². The highest BCUT2D eigenvalue weighted by molar-refractivity contribution is 7.16. The fourth-order valence-electron chi connectivity index (χ4n) is 2.15. The van der Waals surface area contributed by atoms with Crippen molar-refractivity contribution in [2.24, 2.45) is 0 Å². The van der Waals surface area contributed by atoms with Crippen LogP contribution >= 0.6 is 11.3 Å². The minimum atomic E-state index is -1.04. The summed E-state index contributed by atoms with van der Waals surface area (Å²) in [6.07, 6.45) is 2.18. The van der Waals surface area contributed by atoms with Crippen LogP contribution in [0.15, 0.2) is 22.6 Å². The summed E-state index contributed by atoms with van der Waals surface area (Å²) in [5.74, 6) is -1.32. The molecule has 118 valence electrons. The molecule has 0 aliphatic rings. The normalized spacial score (nSPS) is 10.8. The molecule has 0 aromatic carbocycles. The van der Waals surface area contributed by atoms with E-state index in [1.54, 1.807) is 11.4 Å². The molecule has 22 heavy (non-hydrogen) atoms. The molecule has 0 saturated carbocycles. The van der Waals surface area contributed by atoms with Gasteiger partial charge in [-0.05, 0) is 17.9 Å². The van der Waals surface area contributed by atoms with Crippen molar-refractivity contribution < 1.29 is 14.7 Å². The molecular formula is C14H17N3O4S. The van der Waals surface area contributed by atoms with Crippen molar-refractivity contribution in [2.75, 3.05) is 13.1 Å². The van der Waals surface area contributed by atoms with Crippen LogP contribution in [0.25, 0.3) is 10.2 Å². The predicted octanol–water partition coefficient (Wildman–Crippen LogP) is 1.17. The van der Waals surface area contributed by atoms with Crippen molar-refractivity contribution >= 4 is 33.4 Å².